The van der Waals surface area contributed by atoms with Crippen LogP contribution in [0.1, 0.15) is 36.9 Å². The third-order valence-corrected chi connectivity index (χ3v) is 8.48. The van der Waals surface area contributed by atoms with E-state index in [0.717, 1.165) is 28.8 Å². The number of rotatable bonds is 6. The highest BCUT2D eigenvalue weighted by Crippen LogP contribution is 2.28. The van der Waals surface area contributed by atoms with Crippen molar-refractivity contribution in [2.45, 2.75) is 44.6 Å². The Hall–Kier alpha value is -3.30. The second kappa shape index (κ2) is 9.75. The summed E-state index contributed by atoms with van der Waals surface area (Å²) in [5, 5.41) is 4.46. The summed E-state index contributed by atoms with van der Waals surface area (Å²) in [6.45, 7) is 6.38. The molecule has 1 atom stereocenters. The second-order valence-electron chi connectivity index (χ2n) is 9.01. The molecule has 4 rings (SSSR count). The third kappa shape index (κ3) is 4.92. The Morgan fingerprint density at radius 2 is 1.74 bits per heavy atom. The first kappa shape index (κ1) is 24.8. The summed E-state index contributed by atoms with van der Waals surface area (Å²) < 4.78 is 29.0. The topological polar surface area (TPSA) is 92.6 Å². The molecule has 2 aromatic carbocycles. The first-order valence-electron chi connectivity index (χ1n) is 11.6. The lowest BCUT2D eigenvalue weighted by atomic mass is 10.1. The number of carbonyl (C=O) groups excluding carboxylic acids is 1. The summed E-state index contributed by atoms with van der Waals surface area (Å²) in [7, 11) is -1.95. The molecule has 3 aromatic rings. The summed E-state index contributed by atoms with van der Waals surface area (Å²) in [5.41, 5.74) is 2.96. The normalized spacial score (nSPS) is 15.2. The average Bonchev–Trinajstić information content (AvgIpc) is 3.39. The molecule has 0 saturated carbocycles. The van der Waals surface area contributed by atoms with Gasteiger partial charge in [-0.2, -0.15) is 9.40 Å². The zero-order valence-electron chi connectivity index (χ0n) is 20.4. The predicted octanol–water partition coefficient (Wildman–Crippen LogP) is 3.54. The van der Waals surface area contributed by atoms with E-state index in [4.69, 9.17) is 0 Å². The van der Waals surface area contributed by atoms with Gasteiger partial charge in [-0.05, 0) is 69.0 Å². The van der Waals surface area contributed by atoms with E-state index in [-0.39, 0.29) is 10.8 Å². The van der Waals surface area contributed by atoms with Gasteiger partial charge in [-0.25, -0.2) is 13.1 Å². The van der Waals surface area contributed by atoms with E-state index < -0.39 is 21.6 Å². The zero-order valence-corrected chi connectivity index (χ0v) is 21.2. The fourth-order valence-corrected chi connectivity index (χ4v) is 6.08. The molecule has 0 radical (unpaired) electrons. The van der Waals surface area contributed by atoms with E-state index in [0.29, 0.717) is 29.9 Å². The number of amides is 1. The molecule has 1 aliphatic heterocycles. The Bertz CT molecular complexity index is 1430. The maximum absolute atomic E-state index is 13.2. The van der Waals surface area contributed by atoms with Gasteiger partial charge in [0, 0.05) is 37.5 Å². The van der Waals surface area contributed by atoms with Gasteiger partial charge in [-0.15, -0.1) is 0 Å². The molecular weight excluding hydrogens is 464 g/mol. The number of aryl methyl sites for hydroxylation is 2. The van der Waals surface area contributed by atoms with Crippen LogP contribution >= 0.6 is 0 Å². The Morgan fingerprint density at radius 3 is 2.43 bits per heavy atom. The molecule has 0 spiro atoms. The molecule has 9 heteroatoms. The van der Waals surface area contributed by atoms with Crippen molar-refractivity contribution in [3.05, 3.63) is 76.1 Å². The first-order valence-corrected chi connectivity index (χ1v) is 13.1. The van der Waals surface area contributed by atoms with Gasteiger partial charge in [-0.3, -0.25) is 9.59 Å². The summed E-state index contributed by atoms with van der Waals surface area (Å²) in [6, 6.07) is 14.7. The number of aromatic nitrogens is 2. The average molecular weight is 495 g/mol. The summed E-state index contributed by atoms with van der Waals surface area (Å²) in [6.07, 6.45) is 1.71. The largest absolute Gasteiger partial charge is 0.314 e. The van der Waals surface area contributed by atoms with Crippen LogP contribution in [0.3, 0.4) is 0 Å². The number of hydrogen-bond donors (Lipinski definition) is 0. The van der Waals surface area contributed by atoms with E-state index in [1.54, 1.807) is 45.2 Å². The molecule has 1 aliphatic rings. The van der Waals surface area contributed by atoms with Crippen LogP contribution in [0.5, 0.6) is 0 Å². The standard InChI is InChI=1S/C26H30N4O4S/c1-18-8-7-9-22(16-18)28(4)26(32)20(3)30-25(31)13-12-23(27-30)21-11-10-19(2)24(17-21)35(33,34)29-14-5-6-15-29/h7-13,16-17,20H,5-6,14-15H2,1-4H3/t20-/m1/s1. The fraction of sp³-hybridized carbons (Fsp3) is 0.346. The molecule has 35 heavy (non-hydrogen) atoms. The maximum atomic E-state index is 13.2. The molecule has 2 heterocycles. The van der Waals surface area contributed by atoms with Crippen LogP contribution in [0.15, 0.2) is 64.3 Å². The van der Waals surface area contributed by atoms with Gasteiger partial charge in [0.1, 0.15) is 6.04 Å². The molecule has 1 amide bonds. The lowest BCUT2D eigenvalue weighted by Crippen LogP contribution is -2.38. The molecule has 1 aromatic heterocycles. The van der Waals surface area contributed by atoms with Gasteiger partial charge in [0.25, 0.3) is 11.5 Å². The molecule has 8 nitrogen and oxygen atoms in total. The van der Waals surface area contributed by atoms with Gasteiger partial charge < -0.3 is 4.90 Å². The number of nitrogens with zero attached hydrogens (tertiary/aromatic N) is 4. The lowest BCUT2D eigenvalue weighted by Gasteiger charge is -2.23. The van der Waals surface area contributed by atoms with Crippen LogP contribution in [0.2, 0.25) is 0 Å². The van der Waals surface area contributed by atoms with Crippen LogP contribution < -0.4 is 10.5 Å². The molecule has 1 saturated heterocycles. The van der Waals surface area contributed by atoms with Crippen LogP contribution in [-0.4, -0.2) is 48.5 Å². The fourth-order valence-electron chi connectivity index (χ4n) is 4.31. The van der Waals surface area contributed by atoms with E-state index in [2.05, 4.69) is 5.10 Å². The quantitative estimate of drug-likeness (QED) is 0.523. The van der Waals surface area contributed by atoms with Crippen molar-refractivity contribution in [1.29, 1.82) is 0 Å². The summed E-state index contributed by atoms with van der Waals surface area (Å²) in [4.78, 5) is 27.6. The highest BCUT2D eigenvalue weighted by Gasteiger charge is 2.29. The van der Waals surface area contributed by atoms with Gasteiger partial charge in [0.05, 0.1) is 10.6 Å². The van der Waals surface area contributed by atoms with Gasteiger partial charge in [0.15, 0.2) is 0 Å². The number of likely N-dealkylation sites (N-methyl/N-ethyl adjacent to an activating group) is 1. The molecule has 184 valence electrons. The van der Waals surface area contributed by atoms with Crippen LogP contribution in [0.25, 0.3) is 11.3 Å². The van der Waals surface area contributed by atoms with Crippen molar-refractivity contribution in [1.82, 2.24) is 14.1 Å². The molecule has 0 aliphatic carbocycles. The highest BCUT2D eigenvalue weighted by atomic mass is 32.2. The van der Waals surface area contributed by atoms with Gasteiger partial charge >= 0.3 is 0 Å². The van der Waals surface area contributed by atoms with Crippen molar-refractivity contribution < 1.29 is 13.2 Å². The van der Waals surface area contributed by atoms with E-state index >= 15 is 0 Å². The third-order valence-electron chi connectivity index (χ3n) is 6.44. The number of hydrogen-bond acceptors (Lipinski definition) is 5. The second-order valence-corrected chi connectivity index (χ2v) is 10.9. The maximum Gasteiger partial charge on any atom is 0.267 e. The van der Waals surface area contributed by atoms with Crippen LogP contribution in [0.4, 0.5) is 5.69 Å². The van der Waals surface area contributed by atoms with Crippen LogP contribution in [-0.2, 0) is 14.8 Å². The van der Waals surface area contributed by atoms with Crippen molar-refractivity contribution >= 4 is 21.6 Å². The molecular formula is C26H30N4O4S. The number of anilines is 1. The Kier molecular flexibility index (Phi) is 6.91. The van der Waals surface area contributed by atoms with Crippen molar-refractivity contribution in [2.75, 3.05) is 25.0 Å². The monoisotopic (exact) mass is 494 g/mol. The van der Waals surface area contributed by atoms with Crippen molar-refractivity contribution in [3.63, 3.8) is 0 Å². The molecule has 0 N–H and O–H groups in total. The first-order chi connectivity index (χ1) is 16.6. The minimum absolute atomic E-state index is 0.236. The van der Waals surface area contributed by atoms with Gasteiger partial charge in [0.2, 0.25) is 10.0 Å². The molecule has 0 unspecified atom stereocenters. The lowest BCUT2D eigenvalue weighted by molar-refractivity contribution is -0.121. The Morgan fingerprint density at radius 1 is 1.03 bits per heavy atom. The summed E-state index contributed by atoms with van der Waals surface area (Å²) in [5.74, 6) is -0.288. The van der Waals surface area contributed by atoms with E-state index in [1.807, 2.05) is 31.2 Å². The minimum atomic E-state index is -3.62. The predicted molar refractivity (Wildman–Crippen MR) is 136 cm³/mol. The molecule has 0 bridgehead atoms. The number of sulfonamides is 1. The van der Waals surface area contributed by atoms with Gasteiger partial charge in [-0.1, -0.05) is 24.3 Å². The zero-order chi connectivity index (χ0) is 25.3. The Labute approximate surface area is 205 Å². The smallest absolute Gasteiger partial charge is 0.267 e. The number of benzene rings is 2. The summed E-state index contributed by atoms with van der Waals surface area (Å²) >= 11 is 0. The number of carbonyl (C=O) groups is 1. The van der Waals surface area contributed by atoms with Crippen LogP contribution in [0, 0.1) is 13.8 Å². The minimum Gasteiger partial charge on any atom is -0.314 e. The SMILES string of the molecule is Cc1cccc(N(C)C(=O)[C@@H](C)n2nc(-c3ccc(C)c(S(=O)(=O)N4CCCC4)c3)ccc2=O)c1. The van der Waals surface area contributed by atoms with E-state index in [9.17, 15) is 18.0 Å². The Balaban J connectivity index is 1.68. The highest BCUT2D eigenvalue weighted by molar-refractivity contribution is 7.89. The molecule has 1 fully saturated rings. The van der Waals surface area contributed by atoms with E-state index in [1.165, 1.54) is 15.3 Å². The van der Waals surface area contributed by atoms with Crippen molar-refractivity contribution in [3.8, 4) is 11.3 Å². The van der Waals surface area contributed by atoms with Crippen molar-refractivity contribution in [2.24, 2.45) is 0 Å².